The van der Waals surface area contributed by atoms with Gasteiger partial charge < -0.3 is 20.3 Å². The molecule has 3 rings (SSSR count). The number of nitriles is 1. The van der Waals surface area contributed by atoms with Crippen molar-refractivity contribution < 1.29 is 24.5 Å². The average molecular weight is 417 g/mol. The predicted molar refractivity (Wildman–Crippen MR) is 109 cm³/mol. The maximum absolute atomic E-state index is 12.6. The van der Waals surface area contributed by atoms with Crippen molar-refractivity contribution in [2.45, 2.75) is 0 Å². The first-order valence-electron chi connectivity index (χ1n) is 8.70. The number of nitrogens with zero attached hydrogens (tertiary/aromatic N) is 3. The minimum absolute atomic E-state index is 0.0941. The summed E-state index contributed by atoms with van der Waals surface area (Å²) in [7, 11) is 1.39. The van der Waals surface area contributed by atoms with E-state index in [1.807, 2.05) is 6.07 Å². The number of carboxylic acids is 1. The molecule has 0 radical (unpaired) electrons. The smallest absolute Gasteiger partial charge is 0.337 e. The fourth-order valence-corrected chi connectivity index (χ4v) is 2.78. The molecule has 0 aliphatic rings. The Morgan fingerprint density at radius 2 is 1.97 bits per heavy atom. The molecule has 0 aliphatic carbocycles. The first-order chi connectivity index (χ1) is 14.8. The van der Waals surface area contributed by atoms with Crippen molar-refractivity contribution in [3.8, 4) is 28.8 Å². The van der Waals surface area contributed by atoms with Crippen molar-refractivity contribution in [3.63, 3.8) is 0 Å². The summed E-state index contributed by atoms with van der Waals surface area (Å²) in [5, 5.41) is 39.1. The van der Waals surface area contributed by atoms with Gasteiger partial charge in [-0.3, -0.25) is 20.2 Å². The van der Waals surface area contributed by atoms with Gasteiger partial charge in [0.1, 0.15) is 17.2 Å². The van der Waals surface area contributed by atoms with Gasteiger partial charge in [0.2, 0.25) is 0 Å². The van der Waals surface area contributed by atoms with Gasteiger partial charge in [0.15, 0.2) is 0 Å². The number of carbonyl (C=O) groups excluding carboxylic acids is 1. The molecule has 2 aromatic carbocycles. The second-order valence-electron chi connectivity index (χ2n) is 6.17. The van der Waals surface area contributed by atoms with Gasteiger partial charge in [-0.05, 0) is 24.3 Å². The molecule has 31 heavy (non-hydrogen) atoms. The molecule has 0 aliphatic heterocycles. The minimum Gasteiger partial charge on any atom is -0.507 e. The van der Waals surface area contributed by atoms with E-state index in [-0.39, 0.29) is 33.9 Å². The Labute approximate surface area is 175 Å². The standard InChI is InChI=1S/C21H15N5O5/c1-31-18-8-17(27)14(7-12(18)16-10-24-4-5-25-16)19(23)20(28)26-15-3-2-11(9-22)6-13(15)21(29)30/h2-8,10,23,27H,1H3,(H,26,28)(H,29,30). The minimum atomic E-state index is -1.35. The van der Waals surface area contributed by atoms with Crippen LogP contribution in [0.5, 0.6) is 11.5 Å². The largest absolute Gasteiger partial charge is 0.507 e. The van der Waals surface area contributed by atoms with E-state index in [1.165, 1.54) is 50.0 Å². The lowest BCUT2D eigenvalue weighted by atomic mass is 10.0. The van der Waals surface area contributed by atoms with Crippen LogP contribution in [0.15, 0.2) is 48.9 Å². The van der Waals surface area contributed by atoms with E-state index < -0.39 is 17.6 Å². The molecular formula is C21H15N5O5. The van der Waals surface area contributed by atoms with Crippen LogP contribution in [0.25, 0.3) is 11.3 Å². The number of benzene rings is 2. The molecule has 0 spiro atoms. The maximum Gasteiger partial charge on any atom is 0.337 e. The summed E-state index contributed by atoms with van der Waals surface area (Å²) in [6.45, 7) is 0. The highest BCUT2D eigenvalue weighted by Gasteiger charge is 2.22. The Morgan fingerprint density at radius 1 is 1.19 bits per heavy atom. The molecule has 1 heterocycles. The van der Waals surface area contributed by atoms with Crippen LogP contribution in [0.1, 0.15) is 21.5 Å². The highest BCUT2D eigenvalue weighted by Crippen LogP contribution is 2.34. The number of methoxy groups -OCH3 is 1. The van der Waals surface area contributed by atoms with Crippen molar-refractivity contribution in [1.29, 1.82) is 10.7 Å². The van der Waals surface area contributed by atoms with Gasteiger partial charge in [-0.25, -0.2) is 4.79 Å². The van der Waals surface area contributed by atoms with Crippen molar-refractivity contribution in [3.05, 3.63) is 65.6 Å². The van der Waals surface area contributed by atoms with Crippen molar-refractivity contribution in [1.82, 2.24) is 9.97 Å². The lowest BCUT2D eigenvalue weighted by Gasteiger charge is -2.14. The number of ether oxygens (including phenoxy) is 1. The normalized spacial score (nSPS) is 10.1. The van der Waals surface area contributed by atoms with Gasteiger partial charge in [-0.1, -0.05) is 0 Å². The van der Waals surface area contributed by atoms with Crippen molar-refractivity contribution in [2.24, 2.45) is 0 Å². The Kier molecular flexibility index (Phi) is 5.88. The van der Waals surface area contributed by atoms with E-state index in [0.717, 1.165) is 6.07 Å². The highest BCUT2D eigenvalue weighted by atomic mass is 16.5. The van der Waals surface area contributed by atoms with E-state index in [0.29, 0.717) is 11.3 Å². The molecule has 0 fully saturated rings. The third-order valence-electron chi connectivity index (χ3n) is 4.28. The zero-order valence-electron chi connectivity index (χ0n) is 16.1. The van der Waals surface area contributed by atoms with E-state index in [4.69, 9.17) is 15.4 Å². The van der Waals surface area contributed by atoms with Gasteiger partial charge in [-0.15, -0.1) is 0 Å². The summed E-state index contributed by atoms with van der Waals surface area (Å²) >= 11 is 0. The summed E-state index contributed by atoms with van der Waals surface area (Å²) in [6, 6.07) is 8.12. The lowest BCUT2D eigenvalue weighted by Crippen LogP contribution is -2.24. The highest BCUT2D eigenvalue weighted by molar-refractivity contribution is 6.48. The molecule has 10 nitrogen and oxygen atoms in total. The maximum atomic E-state index is 12.6. The van der Waals surface area contributed by atoms with Gasteiger partial charge in [0.25, 0.3) is 5.91 Å². The van der Waals surface area contributed by atoms with Gasteiger partial charge in [0, 0.05) is 29.6 Å². The zero-order chi connectivity index (χ0) is 22.5. The van der Waals surface area contributed by atoms with Crippen LogP contribution >= 0.6 is 0 Å². The number of carbonyl (C=O) groups is 2. The number of aromatic nitrogens is 2. The van der Waals surface area contributed by atoms with Crippen LogP contribution in [0, 0.1) is 16.7 Å². The Hall–Kier alpha value is -4.78. The number of phenolic OH excluding ortho intramolecular Hbond substituents is 1. The number of rotatable bonds is 6. The zero-order valence-corrected chi connectivity index (χ0v) is 16.1. The van der Waals surface area contributed by atoms with E-state index in [9.17, 15) is 19.8 Å². The van der Waals surface area contributed by atoms with Crippen molar-refractivity contribution >= 4 is 23.3 Å². The Balaban J connectivity index is 1.97. The third kappa shape index (κ3) is 4.30. The molecule has 1 aromatic heterocycles. The van der Waals surface area contributed by atoms with Gasteiger partial charge in [-0.2, -0.15) is 5.26 Å². The topological polar surface area (TPSA) is 169 Å². The monoisotopic (exact) mass is 417 g/mol. The van der Waals surface area contributed by atoms with E-state index in [2.05, 4.69) is 15.3 Å². The molecule has 10 heteroatoms. The van der Waals surface area contributed by atoms with Crippen LogP contribution in [0.2, 0.25) is 0 Å². The molecule has 0 saturated heterocycles. The average Bonchev–Trinajstić information content (AvgIpc) is 2.78. The predicted octanol–water partition coefficient (Wildman–Crippen LogP) is 2.43. The number of carboxylic acid groups (broad SMARTS) is 1. The van der Waals surface area contributed by atoms with Crippen molar-refractivity contribution in [2.75, 3.05) is 12.4 Å². The Morgan fingerprint density at radius 3 is 2.58 bits per heavy atom. The number of nitrogens with one attached hydrogen (secondary N) is 2. The number of amides is 1. The first kappa shape index (κ1) is 20.9. The Bertz CT molecular complexity index is 1230. The molecule has 154 valence electrons. The fourth-order valence-electron chi connectivity index (χ4n) is 2.78. The number of hydrogen-bond donors (Lipinski definition) is 4. The van der Waals surface area contributed by atoms with Crippen LogP contribution < -0.4 is 10.1 Å². The van der Waals surface area contributed by atoms with Crippen LogP contribution in [0.3, 0.4) is 0 Å². The lowest BCUT2D eigenvalue weighted by molar-refractivity contribution is -0.110. The summed E-state index contributed by atoms with van der Waals surface area (Å²) in [5.41, 5.74) is -0.246. The fraction of sp³-hybridized carbons (Fsp3) is 0.0476. The number of hydrogen-bond acceptors (Lipinski definition) is 8. The third-order valence-corrected chi connectivity index (χ3v) is 4.28. The van der Waals surface area contributed by atoms with Gasteiger partial charge >= 0.3 is 5.97 Å². The van der Waals surface area contributed by atoms with Crippen LogP contribution in [-0.2, 0) is 4.79 Å². The molecule has 4 N–H and O–H groups in total. The number of anilines is 1. The molecule has 0 saturated carbocycles. The second kappa shape index (κ2) is 8.71. The van der Waals surface area contributed by atoms with E-state index in [1.54, 1.807) is 0 Å². The number of aromatic hydroxyl groups is 1. The molecule has 0 unspecified atom stereocenters. The quantitative estimate of drug-likeness (QED) is 0.443. The first-order valence-corrected chi connectivity index (χ1v) is 8.70. The summed E-state index contributed by atoms with van der Waals surface area (Å²) in [4.78, 5) is 32.2. The SMILES string of the molecule is COc1cc(O)c(C(=N)C(=O)Nc2ccc(C#N)cc2C(=O)O)cc1-c1cnccn1. The van der Waals surface area contributed by atoms with Gasteiger partial charge in [0.05, 0.1) is 41.9 Å². The van der Waals surface area contributed by atoms with Crippen LogP contribution in [0.4, 0.5) is 5.69 Å². The summed E-state index contributed by atoms with van der Waals surface area (Å²) < 4.78 is 5.24. The molecule has 0 atom stereocenters. The second-order valence-corrected chi connectivity index (χ2v) is 6.17. The number of aromatic carboxylic acids is 1. The molecular weight excluding hydrogens is 402 g/mol. The van der Waals surface area contributed by atoms with E-state index >= 15 is 0 Å². The van der Waals surface area contributed by atoms with Crippen LogP contribution in [-0.4, -0.2) is 44.9 Å². The molecule has 3 aromatic rings. The summed E-state index contributed by atoms with van der Waals surface area (Å²) in [6.07, 6.45) is 4.39. The molecule has 1 amide bonds. The molecule has 0 bridgehead atoms. The summed E-state index contributed by atoms with van der Waals surface area (Å²) in [5.74, 6) is -2.44. The number of phenols is 1.